The van der Waals surface area contributed by atoms with Crippen LogP contribution in [-0.4, -0.2) is 61.5 Å². The van der Waals surface area contributed by atoms with E-state index in [2.05, 4.69) is 50.7 Å². The maximum Gasteiger partial charge on any atom is 0.321 e. The second-order valence-corrected chi connectivity index (χ2v) is 8.34. The van der Waals surface area contributed by atoms with Crippen molar-refractivity contribution < 1.29 is 14.3 Å². The van der Waals surface area contributed by atoms with Crippen molar-refractivity contribution >= 4 is 28.3 Å². The Labute approximate surface area is 204 Å². The van der Waals surface area contributed by atoms with Crippen molar-refractivity contribution in [1.29, 1.82) is 0 Å². The molecule has 2 amide bonds. The first-order valence-electron chi connectivity index (χ1n) is 11.5. The third-order valence-electron chi connectivity index (χ3n) is 6.19. The summed E-state index contributed by atoms with van der Waals surface area (Å²) in [7, 11) is 3.16. The summed E-state index contributed by atoms with van der Waals surface area (Å²) in [5, 5.41) is 14.2. The van der Waals surface area contributed by atoms with E-state index in [0.29, 0.717) is 43.4 Å². The molecule has 0 bridgehead atoms. The molecule has 0 atom stereocenters. The first-order chi connectivity index (χ1) is 17.1. The van der Waals surface area contributed by atoms with Gasteiger partial charge in [-0.3, -0.25) is 0 Å². The number of anilines is 2. The zero-order valence-electron chi connectivity index (χ0n) is 19.8. The van der Waals surface area contributed by atoms with Crippen LogP contribution in [0.15, 0.2) is 72.8 Å². The summed E-state index contributed by atoms with van der Waals surface area (Å²) in [5.41, 5.74) is 2.51. The zero-order chi connectivity index (χ0) is 24.2. The number of piperazine rings is 1. The average molecular weight is 470 g/mol. The smallest absolute Gasteiger partial charge is 0.321 e. The van der Waals surface area contributed by atoms with Gasteiger partial charge in [0.15, 0.2) is 5.82 Å². The van der Waals surface area contributed by atoms with Crippen molar-refractivity contribution in [1.82, 2.24) is 15.1 Å². The van der Waals surface area contributed by atoms with Gasteiger partial charge in [-0.25, -0.2) is 4.79 Å². The molecule has 1 aliphatic rings. The summed E-state index contributed by atoms with van der Waals surface area (Å²) in [5.74, 6) is 2.05. The quantitative estimate of drug-likeness (QED) is 0.458. The van der Waals surface area contributed by atoms with Gasteiger partial charge in [0, 0.05) is 55.6 Å². The average Bonchev–Trinajstić information content (AvgIpc) is 2.92. The summed E-state index contributed by atoms with van der Waals surface area (Å²) in [6, 6.07) is 23.7. The van der Waals surface area contributed by atoms with Crippen molar-refractivity contribution in [2.24, 2.45) is 0 Å². The number of aromatic nitrogens is 2. The molecule has 2 heterocycles. The van der Waals surface area contributed by atoms with Crippen molar-refractivity contribution in [3.63, 3.8) is 0 Å². The van der Waals surface area contributed by atoms with E-state index >= 15 is 0 Å². The van der Waals surface area contributed by atoms with Gasteiger partial charge >= 0.3 is 6.03 Å². The highest BCUT2D eigenvalue weighted by Gasteiger charge is 2.22. The molecule has 3 aromatic carbocycles. The molecule has 0 saturated carbocycles. The number of fused-ring (bicyclic) bond motifs is 1. The minimum atomic E-state index is -0.155. The maximum atomic E-state index is 12.8. The van der Waals surface area contributed by atoms with Crippen molar-refractivity contribution in [3.8, 4) is 22.8 Å². The largest absolute Gasteiger partial charge is 0.497 e. The first kappa shape index (κ1) is 22.5. The predicted molar refractivity (Wildman–Crippen MR) is 137 cm³/mol. The van der Waals surface area contributed by atoms with Gasteiger partial charge in [-0.15, -0.1) is 10.2 Å². The monoisotopic (exact) mass is 469 g/mol. The number of carbonyl (C=O) groups is 1. The van der Waals surface area contributed by atoms with Crippen molar-refractivity contribution in [2.45, 2.75) is 0 Å². The lowest BCUT2D eigenvalue weighted by Gasteiger charge is -2.35. The number of benzene rings is 3. The van der Waals surface area contributed by atoms with E-state index in [4.69, 9.17) is 9.47 Å². The van der Waals surface area contributed by atoms with Crippen molar-refractivity contribution in [2.75, 3.05) is 50.6 Å². The molecule has 8 nitrogen and oxygen atoms in total. The van der Waals surface area contributed by atoms with Gasteiger partial charge in [0.2, 0.25) is 0 Å². The molecule has 0 aliphatic carbocycles. The van der Waals surface area contributed by atoms with Crippen LogP contribution in [-0.2, 0) is 0 Å². The highest BCUT2D eigenvalue weighted by molar-refractivity contribution is 5.90. The Balaban J connectivity index is 1.20. The van der Waals surface area contributed by atoms with E-state index in [1.165, 1.54) is 10.8 Å². The van der Waals surface area contributed by atoms with Crippen LogP contribution in [0.3, 0.4) is 0 Å². The minimum Gasteiger partial charge on any atom is -0.497 e. The summed E-state index contributed by atoms with van der Waals surface area (Å²) < 4.78 is 10.6. The normalized spacial score (nSPS) is 13.5. The van der Waals surface area contributed by atoms with Crippen LogP contribution in [0.25, 0.3) is 22.0 Å². The van der Waals surface area contributed by atoms with Crippen LogP contribution in [0, 0.1) is 0 Å². The highest BCUT2D eigenvalue weighted by atomic mass is 16.5. The van der Waals surface area contributed by atoms with E-state index in [-0.39, 0.29) is 6.03 Å². The molecule has 1 fully saturated rings. The molecular formula is C27H27N5O3. The third kappa shape index (κ3) is 4.96. The number of rotatable bonds is 5. The molecule has 1 aliphatic heterocycles. The van der Waals surface area contributed by atoms with E-state index in [1.807, 2.05) is 24.3 Å². The molecule has 8 heteroatoms. The lowest BCUT2D eigenvalue weighted by Crippen LogP contribution is -2.50. The van der Waals surface area contributed by atoms with Crippen LogP contribution in [0.1, 0.15) is 0 Å². The van der Waals surface area contributed by atoms with Crippen LogP contribution in [0.5, 0.6) is 11.5 Å². The number of hydrogen-bond acceptors (Lipinski definition) is 6. The standard InChI is InChI=1S/C27H27N5O3/c1-34-23-16-22(17-24(18-23)35-2)28-27(33)32-13-11-31(12-14-32)26-10-9-25(29-30-26)21-8-7-19-5-3-4-6-20(19)15-21/h3-10,15-18H,11-14H2,1-2H3,(H,28,33). The lowest BCUT2D eigenvalue weighted by molar-refractivity contribution is 0.208. The van der Waals surface area contributed by atoms with Gasteiger partial charge in [0.05, 0.1) is 19.9 Å². The Morgan fingerprint density at radius 2 is 1.51 bits per heavy atom. The van der Waals surface area contributed by atoms with Gasteiger partial charge < -0.3 is 24.6 Å². The molecule has 1 N–H and O–H groups in total. The molecule has 1 aromatic heterocycles. The Kier molecular flexibility index (Phi) is 6.34. The maximum absolute atomic E-state index is 12.8. The summed E-state index contributed by atoms with van der Waals surface area (Å²) in [6.45, 7) is 2.53. The molecule has 0 unspecified atom stereocenters. The Morgan fingerprint density at radius 1 is 0.800 bits per heavy atom. The molecule has 5 rings (SSSR count). The Hall–Kier alpha value is -4.33. The van der Waals surface area contributed by atoms with E-state index < -0.39 is 0 Å². The summed E-state index contributed by atoms with van der Waals surface area (Å²) in [4.78, 5) is 16.7. The predicted octanol–water partition coefficient (Wildman–Crippen LogP) is 4.67. The van der Waals surface area contributed by atoms with Crippen LogP contribution >= 0.6 is 0 Å². The number of amides is 2. The molecular weight excluding hydrogens is 442 g/mol. The van der Waals surface area contributed by atoms with Gasteiger partial charge in [0.1, 0.15) is 11.5 Å². The van der Waals surface area contributed by atoms with Gasteiger partial charge in [0.25, 0.3) is 0 Å². The topological polar surface area (TPSA) is 79.8 Å². The molecule has 0 spiro atoms. The number of ether oxygens (including phenoxy) is 2. The molecule has 0 radical (unpaired) electrons. The molecule has 4 aromatic rings. The second kappa shape index (κ2) is 9.89. The second-order valence-electron chi connectivity index (χ2n) is 8.34. The molecule has 35 heavy (non-hydrogen) atoms. The SMILES string of the molecule is COc1cc(NC(=O)N2CCN(c3ccc(-c4ccc5ccccc5c4)nn3)CC2)cc(OC)c1. The lowest BCUT2D eigenvalue weighted by atomic mass is 10.1. The van der Waals surface area contributed by atoms with Gasteiger partial charge in [-0.1, -0.05) is 36.4 Å². The summed E-state index contributed by atoms with van der Waals surface area (Å²) in [6.07, 6.45) is 0. The number of urea groups is 1. The van der Waals surface area contributed by atoms with Crippen LogP contribution in [0.2, 0.25) is 0 Å². The van der Waals surface area contributed by atoms with Gasteiger partial charge in [-0.05, 0) is 29.0 Å². The zero-order valence-corrected chi connectivity index (χ0v) is 19.8. The molecule has 178 valence electrons. The number of carbonyl (C=O) groups excluding carboxylic acids is 1. The third-order valence-corrected chi connectivity index (χ3v) is 6.19. The minimum absolute atomic E-state index is 0.155. The number of nitrogens with one attached hydrogen (secondary N) is 1. The number of hydrogen-bond donors (Lipinski definition) is 1. The molecule has 1 saturated heterocycles. The Bertz CT molecular complexity index is 1310. The van der Waals surface area contributed by atoms with E-state index in [1.54, 1.807) is 37.3 Å². The fraction of sp³-hybridized carbons (Fsp3) is 0.222. The van der Waals surface area contributed by atoms with E-state index in [0.717, 1.165) is 17.1 Å². The first-order valence-corrected chi connectivity index (χ1v) is 11.5. The summed E-state index contributed by atoms with van der Waals surface area (Å²) >= 11 is 0. The van der Waals surface area contributed by atoms with Crippen LogP contribution in [0.4, 0.5) is 16.3 Å². The number of methoxy groups -OCH3 is 2. The van der Waals surface area contributed by atoms with E-state index in [9.17, 15) is 4.79 Å². The fourth-order valence-electron chi connectivity index (χ4n) is 4.22. The highest BCUT2D eigenvalue weighted by Crippen LogP contribution is 2.27. The Morgan fingerprint density at radius 3 is 2.17 bits per heavy atom. The van der Waals surface area contributed by atoms with Crippen LogP contribution < -0.4 is 19.7 Å². The van der Waals surface area contributed by atoms with Gasteiger partial charge in [-0.2, -0.15) is 0 Å². The van der Waals surface area contributed by atoms with Crippen molar-refractivity contribution in [3.05, 3.63) is 72.8 Å². The fourth-order valence-corrected chi connectivity index (χ4v) is 4.22. The number of nitrogens with zero attached hydrogens (tertiary/aromatic N) is 4.